The zero-order valence-electron chi connectivity index (χ0n) is 9.22. The molecule has 1 heterocycles. The molecule has 5 heteroatoms. The van der Waals surface area contributed by atoms with Gasteiger partial charge in [-0.15, -0.1) is 0 Å². The number of rotatable bonds is 6. The highest BCUT2D eigenvalue weighted by atomic mass is 16.6. The molecule has 0 radical (unpaired) electrons. The Hall–Kier alpha value is -1.39. The van der Waals surface area contributed by atoms with Crippen molar-refractivity contribution in [2.75, 3.05) is 0 Å². The average Bonchev–Trinajstić information content (AvgIpc) is 2.66. The van der Waals surface area contributed by atoms with E-state index >= 15 is 0 Å². The highest BCUT2D eigenvalue weighted by molar-refractivity contribution is 5.20. The minimum Gasteiger partial charge on any atom is -0.263 e. The number of hydrogen-bond acceptors (Lipinski definition) is 3. The summed E-state index contributed by atoms with van der Waals surface area (Å²) in [7, 11) is 0. The molecule has 0 aliphatic carbocycles. The second kappa shape index (κ2) is 5.48. The van der Waals surface area contributed by atoms with Gasteiger partial charge in [0.05, 0.1) is 4.92 Å². The summed E-state index contributed by atoms with van der Waals surface area (Å²) in [5.41, 5.74) is 0.0670. The molecule has 1 aromatic rings. The minimum atomic E-state index is -0.414. The van der Waals surface area contributed by atoms with Crippen LogP contribution in [0.1, 0.15) is 45.6 Å². The van der Waals surface area contributed by atoms with Crippen LogP contribution in [0.5, 0.6) is 0 Å². The summed E-state index contributed by atoms with van der Waals surface area (Å²) in [5.74, 6) is 0. The quantitative estimate of drug-likeness (QED) is 0.413. The molecule has 1 unspecified atom stereocenters. The molecule has 0 N–H and O–H groups in total. The lowest BCUT2D eigenvalue weighted by Crippen LogP contribution is -2.05. The van der Waals surface area contributed by atoms with Crippen molar-refractivity contribution in [2.45, 2.75) is 45.6 Å². The summed E-state index contributed by atoms with van der Waals surface area (Å²) in [6.45, 7) is 4.19. The number of aromatic nitrogens is 2. The lowest BCUT2D eigenvalue weighted by Gasteiger charge is -2.10. The average molecular weight is 211 g/mol. The predicted molar refractivity (Wildman–Crippen MR) is 57.7 cm³/mol. The van der Waals surface area contributed by atoms with Crippen molar-refractivity contribution in [3.63, 3.8) is 0 Å². The summed E-state index contributed by atoms with van der Waals surface area (Å²) in [6.07, 6.45) is 7.35. The van der Waals surface area contributed by atoms with E-state index in [1.54, 1.807) is 4.68 Å². The monoisotopic (exact) mass is 211 g/mol. The molecule has 1 atom stereocenters. The van der Waals surface area contributed by atoms with Crippen LogP contribution in [0, 0.1) is 10.1 Å². The maximum atomic E-state index is 10.4. The maximum Gasteiger partial charge on any atom is 0.307 e. The molecule has 84 valence electrons. The molecule has 5 nitrogen and oxygen atoms in total. The van der Waals surface area contributed by atoms with Crippen LogP contribution in [-0.4, -0.2) is 14.7 Å². The highest BCUT2D eigenvalue weighted by Gasteiger charge is 2.12. The van der Waals surface area contributed by atoms with Crippen LogP contribution in [0.25, 0.3) is 0 Å². The van der Waals surface area contributed by atoms with Gasteiger partial charge >= 0.3 is 5.69 Å². The van der Waals surface area contributed by atoms with Crippen LogP contribution < -0.4 is 0 Å². The Balaban J connectivity index is 2.50. The molecular formula is C10H17N3O2. The number of unbranched alkanes of at least 4 members (excludes halogenated alkanes) is 2. The Morgan fingerprint density at radius 1 is 1.60 bits per heavy atom. The predicted octanol–water partition coefficient (Wildman–Crippen LogP) is 2.93. The second-order valence-electron chi connectivity index (χ2n) is 3.78. The van der Waals surface area contributed by atoms with Crippen LogP contribution in [0.2, 0.25) is 0 Å². The van der Waals surface area contributed by atoms with Gasteiger partial charge in [0, 0.05) is 6.04 Å². The molecule has 1 rings (SSSR count). The molecule has 0 aromatic carbocycles. The molecule has 0 saturated heterocycles. The van der Waals surface area contributed by atoms with Crippen LogP contribution in [0.3, 0.4) is 0 Å². The SMILES string of the molecule is CCCCCC(C)n1cc([N+](=O)[O-])cn1. The van der Waals surface area contributed by atoms with E-state index in [-0.39, 0.29) is 11.7 Å². The smallest absolute Gasteiger partial charge is 0.263 e. The molecule has 0 aliphatic heterocycles. The maximum absolute atomic E-state index is 10.4. The van der Waals surface area contributed by atoms with Crippen molar-refractivity contribution < 1.29 is 4.92 Å². The number of nitro groups is 1. The standard InChI is InChI=1S/C10H17N3O2/c1-3-4-5-6-9(2)12-8-10(7-11-12)13(14)15/h7-9H,3-6H2,1-2H3. The largest absolute Gasteiger partial charge is 0.307 e. The zero-order chi connectivity index (χ0) is 11.3. The van der Waals surface area contributed by atoms with E-state index in [2.05, 4.69) is 12.0 Å². The molecule has 1 aromatic heterocycles. The molecule has 0 fully saturated rings. The Morgan fingerprint density at radius 2 is 2.33 bits per heavy atom. The summed E-state index contributed by atoms with van der Waals surface area (Å²) < 4.78 is 1.67. The normalized spacial score (nSPS) is 12.7. The molecule has 0 saturated carbocycles. The first-order valence-corrected chi connectivity index (χ1v) is 5.33. The van der Waals surface area contributed by atoms with Gasteiger partial charge in [-0.25, -0.2) is 0 Å². The third-order valence-electron chi connectivity index (χ3n) is 2.48. The van der Waals surface area contributed by atoms with Gasteiger partial charge in [-0.05, 0) is 13.3 Å². The fraction of sp³-hybridized carbons (Fsp3) is 0.700. The number of nitrogens with zero attached hydrogens (tertiary/aromatic N) is 3. The lowest BCUT2D eigenvalue weighted by atomic mass is 10.1. The van der Waals surface area contributed by atoms with Gasteiger partial charge in [-0.2, -0.15) is 5.10 Å². The second-order valence-corrected chi connectivity index (χ2v) is 3.78. The van der Waals surface area contributed by atoms with Gasteiger partial charge in [-0.3, -0.25) is 14.8 Å². The van der Waals surface area contributed by atoms with Gasteiger partial charge in [0.1, 0.15) is 12.4 Å². The van der Waals surface area contributed by atoms with Gasteiger partial charge < -0.3 is 0 Å². The van der Waals surface area contributed by atoms with Crippen molar-refractivity contribution in [2.24, 2.45) is 0 Å². The molecule has 0 amide bonds. The number of hydrogen-bond donors (Lipinski definition) is 0. The van der Waals surface area contributed by atoms with E-state index in [4.69, 9.17) is 0 Å². The summed E-state index contributed by atoms with van der Waals surface area (Å²) in [6, 6.07) is 0.241. The van der Waals surface area contributed by atoms with Crippen molar-refractivity contribution in [1.29, 1.82) is 0 Å². The van der Waals surface area contributed by atoms with Crippen molar-refractivity contribution in [3.8, 4) is 0 Å². The zero-order valence-corrected chi connectivity index (χ0v) is 9.22. The van der Waals surface area contributed by atoms with E-state index in [1.165, 1.54) is 25.2 Å². The van der Waals surface area contributed by atoms with E-state index in [1.807, 2.05) is 6.92 Å². The lowest BCUT2D eigenvalue weighted by molar-refractivity contribution is -0.385. The van der Waals surface area contributed by atoms with E-state index in [0.717, 1.165) is 12.8 Å². The van der Waals surface area contributed by atoms with E-state index < -0.39 is 4.92 Å². The van der Waals surface area contributed by atoms with Gasteiger partial charge in [0.15, 0.2) is 0 Å². The van der Waals surface area contributed by atoms with Gasteiger partial charge in [0.2, 0.25) is 0 Å². The van der Waals surface area contributed by atoms with Crippen LogP contribution >= 0.6 is 0 Å². The van der Waals surface area contributed by atoms with Crippen molar-refractivity contribution in [1.82, 2.24) is 9.78 Å². The fourth-order valence-electron chi connectivity index (χ4n) is 1.49. The van der Waals surface area contributed by atoms with Crippen molar-refractivity contribution >= 4 is 5.69 Å². The van der Waals surface area contributed by atoms with E-state index in [0.29, 0.717) is 0 Å². The Morgan fingerprint density at radius 3 is 2.87 bits per heavy atom. The molecule has 15 heavy (non-hydrogen) atoms. The Labute approximate surface area is 89.2 Å². The third kappa shape index (κ3) is 3.34. The molecule has 0 aliphatic rings. The summed E-state index contributed by atoms with van der Waals surface area (Å²) in [5, 5.41) is 14.4. The first-order valence-electron chi connectivity index (χ1n) is 5.33. The summed E-state index contributed by atoms with van der Waals surface area (Å²) >= 11 is 0. The minimum absolute atomic E-state index is 0.0670. The highest BCUT2D eigenvalue weighted by Crippen LogP contribution is 2.17. The Bertz CT molecular complexity index is 322. The van der Waals surface area contributed by atoms with Crippen LogP contribution in [0.15, 0.2) is 12.4 Å². The molecule has 0 bridgehead atoms. The van der Waals surface area contributed by atoms with Gasteiger partial charge in [0.25, 0.3) is 0 Å². The summed E-state index contributed by atoms with van der Waals surface area (Å²) in [4.78, 5) is 10.0. The van der Waals surface area contributed by atoms with E-state index in [9.17, 15) is 10.1 Å². The molecule has 0 spiro atoms. The molecular weight excluding hydrogens is 194 g/mol. The first kappa shape index (κ1) is 11.7. The fourth-order valence-corrected chi connectivity index (χ4v) is 1.49. The van der Waals surface area contributed by atoms with Crippen LogP contribution in [0.4, 0.5) is 5.69 Å². The van der Waals surface area contributed by atoms with Gasteiger partial charge in [-0.1, -0.05) is 26.2 Å². The topological polar surface area (TPSA) is 61.0 Å². The van der Waals surface area contributed by atoms with Crippen LogP contribution in [-0.2, 0) is 0 Å². The Kier molecular flexibility index (Phi) is 4.27. The third-order valence-corrected chi connectivity index (χ3v) is 2.48. The first-order chi connectivity index (χ1) is 7.15. The van der Waals surface area contributed by atoms with Crippen molar-refractivity contribution in [3.05, 3.63) is 22.5 Å².